The Morgan fingerprint density at radius 2 is 1.72 bits per heavy atom. The molecule has 0 bridgehead atoms. The molecule has 2 fully saturated rings. The van der Waals surface area contributed by atoms with Crippen molar-refractivity contribution < 1.29 is 22.7 Å². The average molecular weight is 447 g/mol. The molecular weight excluding hydrogens is 413 g/mol. The molecular formula is C27H33F3O2. The minimum Gasteiger partial charge on any atom is -0.426 e. The van der Waals surface area contributed by atoms with Crippen molar-refractivity contribution in [1.29, 1.82) is 0 Å². The van der Waals surface area contributed by atoms with Crippen molar-refractivity contribution in [1.82, 2.24) is 0 Å². The Hall–Kier alpha value is -2.22. The summed E-state index contributed by atoms with van der Waals surface area (Å²) in [5, 5.41) is 0. The van der Waals surface area contributed by atoms with Gasteiger partial charge in [0.15, 0.2) is 0 Å². The van der Waals surface area contributed by atoms with Crippen LogP contribution < -0.4 is 4.74 Å². The number of hydrogen-bond acceptors (Lipinski definition) is 2. The maximum Gasteiger partial charge on any atom is 0.391 e. The fourth-order valence-electron chi connectivity index (χ4n) is 5.03. The number of alkyl halides is 3. The number of hydrogen-bond donors (Lipinski definition) is 0. The second kappa shape index (κ2) is 11.1. The number of rotatable bonds is 5. The summed E-state index contributed by atoms with van der Waals surface area (Å²) in [5.41, 5.74) is 0.776. The molecule has 0 radical (unpaired) electrons. The lowest BCUT2D eigenvalue weighted by molar-refractivity contribution is -0.183. The molecule has 2 aliphatic carbocycles. The zero-order chi connectivity index (χ0) is 23.1. The molecule has 1 aromatic rings. The fourth-order valence-corrected chi connectivity index (χ4v) is 5.03. The molecule has 1 atom stereocenters. The first-order valence-electron chi connectivity index (χ1n) is 11.8. The fraction of sp³-hybridized carbons (Fsp3) is 0.593. The van der Waals surface area contributed by atoms with E-state index >= 15 is 0 Å². The molecule has 5 heteroatoms. The molecule has 174 valence electrons. The molecule has 0 aliphatic heterocycles. The minimum atomic E-state index is -4.09. The first-order valence-corrected chi connectivity index (χ1v) is 11.8. The van der Waals surface area contributed by atoms with Crippen molar-refractivity contribution in [3.63, 3.8) is 0 Å². The number of ether oxygens (including phenoxy) is 1. The van der Waals surface area contributed by atoms with Gasteiger partial charge in [0.1, 0.15) is 5.75 Å². The first-order chi connectivity index (χ1) is 15.3. The summed E-state index contributed by atoms with van der Waals surface area (Å²) in [4.78, 5) is 12.5. The van der Waals surface area contributed by atoms with Crippen molar-refractivity contribution in [2.24, 2.45) is 29.6 Å². The van der Waals surface area contributed by atoms with E-state index in [1.807, 2.05) is 6.08 Å². The normalized spacial score (nSPS) is 27.0. The predicted molar refractivity (Wildman–Crippen MR) is 120 cm³/mol. The lowest BCUT2D eigenvalue weighted by Gasteiger charge is -2.31. The van der Waals surface area contributed by atoms with Gasteiger partial charge in [-0.05, 0) is 93.9 Å². The lowest BCUT2D eigenvalue weighted by Crippen LogP contribution is -2.27. The van der Waals surface area contributed by atoms with Gasteiger partial charge >= 0.3 is 12.1 Å². The van der Waals surface area contributed by atoms with Crippen LogP contribution >= 0.6 is 0 Å². The number of allylic oxidation sites excluding steroid dienone is 1. The topological polar surface area (TPSA) is 26.3 Å². The van der Waals surface area contributed by atoms with Crippen LogP contribution in [0.5, 0.6) is 5.75 Å². The third-order valence-electron chi connectivity index (χ3n) is 7.17. The highest BCUT2D eigenvalue weighted by Crippen LogP contribution is 2.39. The minimum absolute atomic E-state index is 0.00891. The zero-order valence-electron chi connectivity index (χ0n) is 18.8. The molecule has 0 saturated heterocycles. The van der Waals surface area contributed by atoms with Gasteiger partial charge in [0.2, 0.25) is 0 Å². The van der Waals surface area contributed by atoms with Gasteiger partial charge in [-0.15, -0.1) is 6.58 Å². The van der Waals surface area contributed by atoms with Gasteiger partial charge in [-0.2, -0.15) is 13.2 Å². The lowest BCUT2D eigenvalue weighted by atomic mass is 9.75. The number of halogens is 3. The number of carbonyl (C=O) groups is 1. The van der Waals surface area contributed by atoms with E-state index in [0.717, 1.165) is 37.7 Å². The van der Waals surface area contributed by atoms with E-state index in [2.05, 4.69) is 25.3 Å². The third-order valence-corrected chi connectivity index (χ3v) is 7.17. The molecule has 2 saturated carbocycles. The van der Waals surface area contributed by atoms with Gasteiger partial charge in [0.05, 0.1) is 11.8 Å². The summed E-state index contributed by atoms with van der Waals surface area (Å²) in [6.45, 7) is 6.11. The maximum absolute atomic E-state index is 12.8. The molecule has 0 amide bonds. The molecule has 0 aromatic heterocycles. The number of benzene rings is 1. The summed E-state index contributed by atoms with van der Waals surface area (Å²) < 4.78 is 43.9. The summed E-state index contributed by atoms with van der Waals surface area (Å²) in [7, 11) is 0. The van der Waals surface area contributed by atoms with Crippen LogP contribution in [0.4, 0.5) is 13.2 Å². The Kier molecular flexibility index (Phi) is 8.45. The highest BCUT2D eigenvalue weighted by Gasteiger charge is 2.41. The number of esters is 1. The van der Waals surface area contributed by atoms with Gasteiger partial charge in [0, 0.05) is 11.5 Å². The van der Waals surface area contributed by atoms with Crippen LogP contribution in [-0.4, -0.2) is 12.1 Å². The monoisotopic (exact) mass is 446 g/mol. The van der Waals surface area contributed by atoms with Gasteiger partial charge in [-0.25, -0.2) is 0 Å². The van der Waals surface area contributed by atoms with Crippen LogP contribution in [0.15, 0.2) is 36.9 Å². The second-order valence-corrected chi connectivity index (χ2v) is 9.22. The van der Waals surface area contributed by atoms with Crippen LogP contribution in [0.3, 0.4) is 0 Å². The summed E-state index contributed by atoms with van der Waals surface area (Å²) in [6, 6.07) is 7.06. The van der Waals surface area contributed by atoms with E-state index < -0.39 is 12.1 Å². The average Bonchev–Trinajstić information content (AvgIpc) is 2.79. The standard InChI is InChI=1S/C27H33F3O2/c1-3-21(4-2)22-11-13-23(14-12-22)26(31)32-25-17-9-20(10-18-25)6-5-19-7-15-24(16-8-19)27(28,29)30/h3,9-10,17-19,21-24H,1,4,7-8,11-16H2,2H3. The molecule has 2 aliphatic rings. The Labute approximate surface area is 189 Å². The maximum atomic E-state index is 12.8. The molecule has 3 rings (SSSR count). The molecule has 2 nitrogen and oxygen atoms in total. The second-order valence-electron chi connectivity index (χ2n) is 9.22. The van der Waals surface area contributed by atoms with E-state index in [1.54, 1.807) is 24.3 Å². The Morgan fingerprint density at radius 3 is 2.25 bits per heavy atom. The highest BCUT2D eigenvalue weighted by atomic mass is 19.4. The molecule has 0 spiro atoms. The van der Waals surface area contributed by atoms with Crippen molar-refractivity contribution in [3.8, 4) is 17.6 Å². The van der Waals surface area contributed by atoms with Gasteiger partial charge in [-0.1, -0.05) is 24.8 Å². The Balaban J connectivity index is 1.46. The highest BCUT2D eigenvalue weighted by molar-refractivity contribution is 5.75. The molecule has 0 N–H and O–H groups in total. The largest absolute Gasteiger partial charge is 0.426 e. The van der Waals surface area contributed by atoms with Crippen LogP contribution in [0.25, 0.3) is 0 Å². The Morgan fingerprint density at radius 1 is 1.09 bits per heavy atom. The molecule has 1 aromatic carbocycles. The molecule has 32 heavy (non-hydrogen) atoms. The first kappa shape index (κ1) is 24.4. The summed E-state index contributed by atoms with van der Waals surface area (Å²) in [5.74, 6) is 6.42. The molecule has 0 heterocycles. The quantitative estimate of drug-likeness (QED) is 0.205. The van der Waals surface area contributed by atoms with Crippen LogP contribution in [0, 0.1) is 41.4 Å². The Bertz CT molecular complexity index is 815. The van der Waals surface area contributed by atoms with Crippen molar-refractivity contribution >= 4 is 5.97 Å². The van der Waals surface area contributed by atoms with E-state index in [0.29, 0.717) is 30.4 Å². The third kappa shape index (κ3) is 6.64. The van der Waals surface area contributed by atoms with Crippen molar-refractivity contribution in [2.45, 2.75) is 70.9 Å². The predicted octanol–water partition coefficient (Wildman–Crippen LogP) is 7.33. The van der Waals surface area contributed by atoms with Gasteiger partial charge < -0.3 is 4.74 Å². The SMILES string of the molecule is C=CC(CC)C1CCC(C(=O)Oc2ccc(C#CC3CCC(C(F)(F)F)CC3)cc2)CC1. The van der Waals surface area contributed by atoms with Crippen LogP contribution in [0.2, 0.25) is 0 Å². The van der Waals surface area contributed by atoms with Gasteiger partial charge in [-0.3, -0.25) is 4.79 Å². The van der Waals surface area contributed by atoms with Crippen LogP contribution in [-0.2, 0) is 4.79 Å². The summed E-state index contributed by atoms with van der Waals surface area (Å²) >= 11 is 0. The number of carbonyl (C=O) groups excluding carboxylic acids is 1. The summed E-state index contributed by atoms with van der Waals surface area (Å²) in [6.07, 6.45) is 4.11. The van der Waals surface area contributed by atoms with Gasteiger partial charge in [0.25, 0.3) is 0 Å². The van der Waals surface area contributed by atoms with E-state index in [4.69, 9.17) is 4.74 Å². The van der Waals surface area contributed by atoms with Crippen LogP contribution in [0.1, 0.15) is 70.3 Å². The zero-order valence-corrected chi connectivity index (χ0v) is 18.8. The smallest absolute Gasteiger partial charge is 0.391 e. The van der Waals surface area contributed by atoms with E-state index in [9.17, 15) is 18.0 Å². The van der Waals surface area contributed by atoms with Crippen molar-refractivity contribution in [3.05, 3.63) is 42.5 Å². The van der Waals surface area contributed by atoms with Crippen molar-refractivity contribution in [2.75, 3.05) is 0 Å². The van der Waals surface area contributed by atoms with E-state index in [-0.39, 0.29) is 30.6 Å². The van der Waals surface area contributed by atoms with E-state index in [1.165, 1.54) is 0 Å². The molecule has 1 unspecified atom stereocenters.